The number of sulfonamides is 1. The molecule has 0 unspecified atom stereocenters. The van der Waals surface area contributed by atoms with Crippen LogP contribution in [0.3, 0.4) is 0 Å². The Balaban J connectivity index is 1.69. The molecule has 3 rings (SSSR count). The zero-order chi connectivity index (χ0) is 17.9. The Hall–Kier alpha value is -2.39. The van der Waals surface area contributed by atoms with Gasteiger partial charge in [0.25, 0.3) is 10.0 Å². The zero-order valence-corrected chi connectivity index (χ0v) is 14.7. The maximum Gasteiger partial charge on any atom is 0.263 e. The van der Waals surface area contributed by atoms with Crippen molar-refractivity contribution in [1.82, 2.24) is 15.1 Å². The van der Waals surface area contributed by atoms with E-state index in [1.807, 2.05) is 4.90 Å². The van der Waals surface area contributed by atoms with Gasteiger partial charge in [-0.25, -0.2) is 8.42 Å². The molecular weight excluding hydrogens is 366 g/mol. The molecule has 1 aliphatic rings. The second-order valence-electron chi connectivity index (χ2n) is 5.47. The number of carbonyl (C=O) groups is 1. The van der Waals surface area contributed by atoms with Gasteiger partial charge in [0.15, 0.2) is 11.6 Å². The van der Waals surface area contributed by atoms with Crippen molar-refractivity contribution in [3.63, 3.8) is 0 Å². The summed E-state index contributed by atoms with van der Waals surface area (Å²) >= 11 is 5.83. The highest BCUT2D eigenvalue weighted by molar-refractivity contribution is 7.92. The summed E-state index contributed by atoms with van der Waals surface area (Å²) in [7, 11) is -3.78. The van der Waals surface area contributed by atoms with Crippen LogP contribution in [0.2, 0.25) is 5.02 Å². The number of anilines is 2. The molecule has 10 heteroatoms. The van der Waals surface area contributed by atoms with E-state index in [9.17, 15) is 13.2 Å². The van der Waals surface area contributed by atoms with Gasteiger partial charge >= 0.3 is 0 Å². The summed E-state index contributed by atoms with van der Waals surface area (Å²) in [6.45, 7) is 2.55. The number of amides is 1. The molecule has 2 aromatic rings. The Kier molecular flexibility index (Phi) is 5.05. The van der Waals surface area contributed by atoms with Crippen molar-refractivity contribution in [2.45, 2.75) is 4.90 Å². The number of nitrogens with zero attached hydrogens (tertiary/aromatic N) is 4. The van der Waals surface area contributed by atoms with Crippen molar-refractivity contribution in [1.29, 1.82) is 0 Å². The van der Waals surface area contributed by atoms with E-state index in [4.69, 9.17) is 11.6 Å². The summed E-state index contributed by atoms with van der Waals surface area (Å²) < 4.78 is 27.0. The van der Waals surface area contributed by atoms with Gasteiger partial charge in [0.1, 0.15) is 0 Å². The highest BCUT2D eigenvalue weighted by atomic mass is 35.5. The number of halogens is 1. The lowest BCUT2D eigenvalue weighted by Crippen LogP contribution is -2.46. The second kappa shape index (κ2) is 7.24. The SMILES string of the molecule is O=CN1CCN(c2ccc(NS(=O)(=O)c3cccc(Cl)c3)nn2)CC1. The maximum atomic E-state index is 12.3. The van der Waals surface area contributed by atoms with E-state index in [1.165, 1.54) is 12.1 Å². The number of carbonyl (C=O) groups excluding carboxylic acids is 1. The van der Waals surface area contributed by atoms with E-state index in [-0.39, 0.29) is 10.7 Å². The number of aromatic nitrogens is 2. The predicted molar refractivity (Wildman–Crippen MR) is 94.1 cm³/mol. The third kappa shape index (κ3) is 4.18. The van der Waals surface area contributed by atoms with Gasteiger partial charge < -0.3 is 9.80 Å². The molecule has 0 aliphatic carbocycles. The molecule has 2 heterocycles. The molecule has 1 aromatic heterocycles. The van der Waals surface area contributed by atoms with E-state index in [0.29, 0.717) is 37.0 Å². The van der Waals surface area contributed by atoms with E-state index in [0.717, 1.165) is 6.41 Å². The lowest BCUT2D eigenvalue weighted by molar-refractivity contribution is -0.118. The predicted octanol–water partition coefficient (Wildman–Crippen LogP) is 1.21. The number of hydrogen-bond donors (Lipinski definition) is 1. The molecule has 8 nitrogen and oxygen atoms in total. The Morgan fingerprint density at radius 3 is 2.44 bits per heavy atom. The summed E-state index contributed by atoms with van der Waals surface area (Å²) in [5.74, 6) is 0.756. The Labute approximate surface area is 150 Å². The average molecular weight is 382 g/mol. The maximum absolute atomic E-state index is 12.3. The lowest BCUT2D eigenvalue weighted by Gasteiger charge is -2.32. The first-order valence-electron chi connectivity index (χ1n) is 7.54. The molecule has 0 saturated carbocycles. The van der Waals surface area contributed by atoms with Crippen LogP contribution in [0.15, 0.2) is 41.3 Å². The smallest absolute Gasteiger partial charge is 0.263 e. The first-order valence-corrected chi connectivity index (χ1v) is 9.40. The van der Waals surface area contributed by atoms with Crippen LogP contribution in [0.25, 0.3) is 0 Å². The minimum atomic E-state index is -3.78. The molecule has 1 amide bonds. The molecule has 1 aromatic carbocycles. The largest absolute Gasteiger partial charge is 0.352 e. The summed E-state index contributed by atoms with van der Waals surface area (Å²) in [5, 5.41) is 8.33. The first-order chi connectivity index (χ1) is 12.0. The summed E-state index contributed by atoms with van der Waals surface area (Å²) in [6, 6.07) is 9.21. The highest BCUT2D eigenvalue weighted by Crippen LogP contribution is 2.19. The minimum absolute atomic E-state index is 0.0517. The molecule has 0 spiro atoms. The van der Waals surface area contributed by atoms with Crippen molar-refractivity contribution in [3.8, 4) is 0 Å². The van der Waals surface area contributed by atoms with Gasteiger partial charge in [0.05, 0.1) is 4.90 Å². The van der Waals surface area contributed by atoms with Gasteiger partial charge in [-0.3, -0.25) is 9.52 Å². The molecule has 25 heavy (non-hydrogen) atoms. The number of nitrogens with one attached hydrogen (secondary N) is 1. The van der Waals surface area contributed by atoms with Gasteiger partial charge in [-0.05, 0) is 30.3 Å². The van der Waals surface area contributed by atoms with Crippen LogP contribution in [-0.4, -0.2) is 56.1 Å². The van der Waals surface area contributed by atoms with E-state index in [1.54, 1.807) is 29.2 Å². The molecule has 132 valence electrons. The summed E-state index contributed by atoms with van der Waals surface area (Å²) in [5.41, 5.74) is 0. The number of benzene rings is 1. The van der Waals surface area contributed by atoms with Crippen molar-refractivity contribution < 1.29 is 13.2 Å². The van der Waals surface area contributed by atoms with E-state index >= 15 is 0 Å². The minimum Gasteiger partial charge on any atom is -0.352 e. The Morgan fingerprint density at radius 2 is 1.84 bits per heavy atom. The normalized spacial score (nSPS) is 15.1. The Bertz CT molecular complexity index is 852. The topological polar surface area (TPSA) is 95.5 Å². The third-order valence-electron chi connectivity index (χ3n) is 3.78. The number of piperazine rings is 1. The molecular formula is C15H16ClN5O3S. The van der Waals surface area contributed by atoms with E-state index < -0.39 is 10.0 Å². The van der Waals surface area contributed by atoms with Crippen molar-refractivity contribution in [2.24, 2.45) is 0 Å². The second-order valence-corrected chi connectivity index (χ2v) is 7.59. The van der Waals surface area contributed by atoms with Crippen LogP contribution in [0.5, 0.6) is 0 Å². The van der Waals surface area contributed by atoms with Crippen molar-refractivity contribution in [3.05, 3.63) is 41.4 Å². The fourth-order valence-corrected chi connectivity index (χ4v) is 3.73. The lowest BCUT2D eigenvalue weighted by atomic mass is 10.3. The van der Waals surface area contributed by atoms with Crippen molar-refractivity contribution >= 4 is 39.7 Å². The van der Waals surface area contributed by atoms with Crippen molar-refractivity contribution in [2.75, 3.05) is 35.8 Å². The average Bonchev–Trinajstić information content (AvgIpc) is 2.62. The fourth-order valence-electron chi connectivity index (χ4n) is 2.44. The van der Waals surface area contributed by atoms with Gasteiger partial charge in [0.2, 0.25) is 6.41 Å². The van der Waals surface area contributed by atoms with Crippen LogP contribution in [0.4, 0.5) is 11.6 Å². The van der Waals surface area contributed by atoms with Crippen LogP contribution < -0.4 is 9.62 Å². The van der Waals surface area contributed by atoms with Crippen LogP contribution in [-0.2, 0) is 14.8 Å². The van der Waals surface area contributed by atoms with Crippen LogP contribution in [0.1, 0.15) is 0 Å². The number of hydrogen-bond acceptors (Lipinski definition) is 6. The number of rotatable bonds is 5. The van der Waals surface area contributed by atoms with Gasteiger partial charge in [0, 0.05) is 31.2 Å². The summed E-state index contributed by atoms with van der Waals surface area (Å²) in [4.78, 5) is 14.5. The monoisotopic (exact) mass is 381 g/mol. The van der Waals surface area contributed by atoms with Gasteiger partial charge in [-0.15, -0.1) is 10.2 Å². The molecule has 1 saturated heterocycles. The van der Waals surface area contributed by atoms with Gasteiger partial charge in [-0.1, -0.05) is 17.7 Å². The molecule has 1 N–H and O–H groups in total. The molecule has 0 bridgehead atoms. The summed E-state index contributed by atoms with van der Waals surface area (Å²) in [6.07, 6.45) is 0.830. The molecule has 1 fully saturated rings. The van der Waals surface area contributed by atoms with Gasteiger partial charge in [-0.2, -0.15) is 0 Å². The molecule has 0 radical (unpaired) electrons. The molecule has 1 aliphatic heterocycles. The molecule has 0 atom stereocenters. The quantitative estimate of drug-likeness (QED) is 0.782. The zero-order valence-electron chi connectivity index (χ0n) is 13.2. The van der Waals surface area contributed by atoms with Crippen LogP contribution in [0, 0.1) is 0 Å². The standard InChI is InChI=1S/C15H16ClN5O3S/c16-12-2-1-3-13(10-12)25(23,24)19-14-4-5-15(18-17-14)21-8-6-20(11-22)7-9-21/h1-5,10-11H,6-9H2,(H,17,19). The first kappa shape index (κ1) is 17.4. The van der Waals surface area contributed by atoms with E-state index in [2.05, 4.69) is 14.9 Å². The fraction of sp³-hybridized carbons (Fsp3) is 0.267. The third-order valence-corrected chi connectivity index (χ3v) is 5.37. The Morgan fingerprint density at radius 1 is 1.08 bits per heavy atom. The van der Waals surface area contributed by atoms with Crippen LogP contribution >= 0.6 is 11.6 Å². The highest BCUT2D eigenvalue weighted by Gasteiger charge is 2.18.